The van der Waals surface area contributed by atoms with Crippen molar-refractivity contribution in [3.8, 4) is 5.69 Å². The number of piperazine rings is 1. The molecule has 1 saturated heterocycles. The van der Waals surface area contributed by atoms with Crippen LogP contribution in [0.5, 0.6) is 0 Å². The summed E-state index contributed by atoms with van der Waals surface area (Å²) < 4.78 is 14.8. The van der Waals surface area contributed by atoms with Crippen molar-refractivity contribution in [3.63, 3.8) is 0 Å². The van der Waals surface area contributed by atoms with Crippen LogP contribution in [0.1, 0.15) is 19.5 Å². The largest absolute Gasteiger partial charge is 0.356 e. The van der Waals surface area contributed by atoms with Crippen molar-refractivity contribution in [3.05, 3.63) is 48.0 Å². The molecule has 0 amide bonds. The van der Waals surface area contributed by atoms with E-state index in [1.54, 1.807) is 16.8 Å². The maximum absolute atomic E-state index is 13.1. The number of aromatic nitrogens is 2. The summed E-state index contributed by atoms with van der Waals surface area (Å²) in [4.78, 5) is 9.29. The number of aliphatic imine (C=N–C) groups is 1. The standard InChI is InChI=1S/C21H31FN6.HI/c1-17(2)16-26-12-14-27(15-13-26)21(23-3)24-10-8-19-9-11-28(25-19)20-6-4-18(22)5-7-20;/h4-7,9,11,17H,8,10,12-16H2,1-3H3,(H,23,24);1H. The Morgan fingerprint density at radius 1 is 1.14 bits per heavy atom. The Balaban J connectivity index is 0.00000300. The van der Waals surface area contributed by atoms with E-state index in [1.165, 1.54) is 12.1 Å². The highest BCUT2D eigenvalue weighted by atomic mass is 127. The van der Waals surface area contributed by atoms with Gasteiger partial charge in [0.25, 0.3) is 0 Å². The third-order valence-electron chi connectivity index (χ3n) is 4.91. The van der Waals surface area contributed by atoms with Gasteiger partial charge in [-0.3, -0.25) is 9.89 Å². The molecule has 1 aromatic heterocycles. The van der Waals surface area contributed by atoms with E-state index in [1.807, 2.05) is 19.3 Å². The van der Waals surface area contributed by atoms with E-state index < -0.39 is 0 Å². The molecular weight excluding hydrogens is 482 g/mol. The molecule has 0 spiro atoms. The van der Waals surface area contributed by atoms with Crippen LogP contribution in [-0.2, 0) is 6.42 Å². The van der Waals surface area contributed by atoms with Gasteiger partial charge < -0.3 is 10.2 Å². The average Bonchev–Trinajstić information content (AvgIpc) is 3.15. The van der Waals surface area contributed by atoms with Crippen molar-refractivity contribution in [2.45, 2.75) is 20.3 Å². The molecule has 1 N–H and O–H groups in total. The van der Waals surface area contributed by atoms with E-state index in [2.05, 4.69) is 39.1 Å². The Labute approximate surface area is 190 Å². The molecule has 29 heavy (non-hydrogen) atoms. The quantitative estimate of drug-likeness (QED) is 0.366. The molecule has 0 bridgehead atoms. The van der Waals surface area contributed by atoms with Crippen molar-refractivity contribution in [1.82, 2.24) is 24.9 Å². The van der Waals surface area contributed by atoms with Gasteiger partial charge in [-0.15, -0.1) is 24.0 Å². The molecule has 6 nitrogen and oxygen atoms in total. The number of nitrogens with zero attached hydrogens (tertiary/aromatic N) is 5. The summed E-state index contributed by atoms with van der Waals surface area (Å²) in [5.74, 6) is 1.43. The van der Waals surface area contributed by atoms with Gasteiger partial charge in [-0.2, -0.15) is 5.10 Å². The van der Waals surface area contributed by atoms with Crippen LogP contribution >= 0.6 is 24.0 Å². The fraction of sp³-hybridized carbons (Fsp3) is 0.524. The number of hydrogen-bond acceptors (Lipinski definition) is 3. The molecule has 1 aliphatic heterocycles. The Morgan fingerprint density at radius 3 is 2.45 bits per heavy atom. The predicted molar refractivity (Wildman–Crippen MR) is 127 cm³/mol. The second kappa shape index (κ2) is 11.5. The van der Waals surface area contributed by atoms with E-state index in [-0.39, 0.29) is 29.8 Å². The Hall–Kier alpha value is -1.68. The fourth-order valence-electron chi connectivity index (χ4n) is 3.53. The smallest absolute Gasteiger partial charge is 0.193 e. The molecule has 0 atom stereocenters. The molecule has 2 heterocycles. The van der Waals surface area contributed by atoms with Gasteiger partial charge in [0.1, 0.15) is 5.82 Å². The maximum Gasteiger partial charge on any atom is 0.193 e. The van der Waals surface area contributed by atoms with Crippen LogP contribution in [0.2, 0.25) is 0 Å². The molecule has 3 rings (SSSR count). The van der Waals surface area contributed by atoms with Crippen molar-refractivity contribution >= 4 is 29.9 Å². The van der Waals surface area contributed by atoms with Gasteiger partial charge in [0, 0.05) is 58.9 Å². The van der Waals surface area contributed by atoms with Crippen LogP contribution in [0.25, 0.3) is 5.69 Å². The summed E-state index contributed by atoms with van der Waals surface area (Å²) in [6, 6.07) is 8.35. The number of nitrogens with one attached hydrogen (secondary N) is 1. The Bertz CT molecular complexity index is 766. The summed E-state index contributed by atoms with van der Waals surface area (Å²) in [7, 11) is 1.84. The van der Waals surface area contributed by atoms with E-state index in [9.17, 15) is 4.39 Å². The van der Waals surface area contributed by atoms with Gasteiger partial charge in [-0.05, 0) is 36.2 Å². The van der Waals surface area contributed by atoms with Crippen molar-refractivity contribution in [2.24, 2.45) is 10.9 Å². The lowest BCUT2D eigenvalue weighted by molar-refractivity contribution is 0.164. The monoisotopic (exact) mass is 514 g/mol. The van der Waals surface area contributed by atoms with E-state index in [0.29, 0.717) is 5.92 Å². The van der Waals surface area contributed by atoms with Crippen molar-refractivity contribution in [2.75, 3.05) is 46.3 Å². The molecule has 0 saturated carbocycles. The minimum Gasteiger partial charge on any atom is -0.356 e. The van der Waals surface area contributed by atoms with Gasteiger partial charge in [0.15, 0.2) is 5.96 Å². The number of rotatable bonds is 6. The van der Waals surface area contributed by atoms with Crippen LogP contribution in [0.4, 0.5) is 4.39 Å². The van der Waals surface area contributed by atoms with Crippen molar-refractivity contribution in [1.29, 1.82) is 0 Å². The molecule has 8 heteroatoms. The van der Waals surface area contributed by atoms with Crippen LogP contribution in [-0.4, -0.2) is 71.9 Å². The average molecular weight is 514 g/mol. The lowest BCUT2D eigenvalue weighted by Gasteiger charge is -2.37. The minimum atomic E-state index is -0.239. The van der Waals surface area contributed by atoms with Gasteiger partial charge in [-0.1, -0.05) is 13.8 Å². The van der Waals surface area contributed by atoms with Crippen LogP contribution < -0.4 is 5.32 Å². The SMILES string of the molecule is CN=C(NCCc1ccn(-c2ccc(F)cc2)n1)N1CCN(CC(C)C)CC1.I. The third-order valence-corrected chi connectivity index (χ3v) is 4.91. The number of benzene rings is 1. The number of halogens is 2. The van der Waals surface area contributed by atoms with Gasteiger partial charge in [0.2, 0.25) is 0 Å². The zero-order valence-corrected chi connectivity index (χ0v) is 19.8. The fourth-order valence-corrected chi connectivity index (χ4v) is 3.53. The molecule has 0 aliphatic carbocycles. The second-order valence-corrected chi connectivity index (χ2v) is 7.63. The van der Waals surface area contributed by atoms with E-state index in [4.69, 9.17) is 0 Å². The molecule has 160 valence electrons. The summed E-state index contributed by atoms with van der Waals surface area (Å²) >= 11 is 0. The van der Waals surface area contributed by atoms with Gasteiger partial charge in [0.05, 0.1) is 11.4 Å². The number of guanidine groups is 1. The highest BCUT2D eigenvalue weighted by Crippen LogP contribution is 2.09. The molecule has 0 unspecified atom stereocenters. The van der Waals surface area contributed by atoms with Crippen LogP contribution in [0, 0.1) is 11.7 Å². The van der Waals surface area contributed by atoms with Crippen LogP contribution in [0.3, 0.4) is 0 Å². The predicted octanol–water partition coefficient (Wildman–Crippen LogP) is 3.02. The minimum absolute atomic E-state index is 0. The normalized spacial score (nSPS) is 15.5. The first-order valence-electron chi connectivity index (χ1n) is 10.0. The van der Waals surface area contributed by atoms with E-state index in [0.717, 1.165) is 63.0 Å². The first-order chi connectivity index (χ1) is 13.5. The van der Waals surface area contributed by atoms with Gasteiger partial charge >= 0.3 is 0 Å². The summed E-state index contributed by atoms with van der Waals surface area (Å²) in [5.41, 5.74) is 1.85. The number of hydrogen-bond donors (Lipinski definition) is 1. The third kappa shape index (κ3) is 6.95. The zero-order valence-electron chi connectivity index (χ0n) is 17.5. The molecule has 2 aromatic rings. The highest BCUT2D eigenvalue weighted by molar-refractivity contribution is 14.0. The molecule has 1 aromatic carbocycles. The first-order valence-corrected chi connectivity index (χ1v) is 10.0. The molecule has 0 radical (unpaired) electrons. The van der Waals surface area contributed by atoms with Gasteiger partial charge in [-0.25, -0.2) is 9.07 Å². The molecule has 1 fully saturated rings. The maximum atomic E-state index is 13.1. The van der Waals surface area contributed by atoms with E-state index >= 15 is 0 Å². The lowest BCUT2D eigenvalue weighted by atomic mass is 10.2. The topological polar surface area (TPSA) is 48.7 Å². The highest BCUT2D eigenvalue weighted by Gasteiger charge is 2.19. The second-order valence-electron chi connectivity index (χ2n) is 7.63. The summed E-state index contributed by atoms with van der Waals surface area (Å²) in [5, 5.41) is 8.04. The first kappa shape index (κ1) is 23.6. The Morgan fingerprint density at radius 2 is 1.83 bits per heavy atom. The Kier molecular flexibility index (Phi) is 9.35. The zero-order chi connectivity index (χ0) is 19.9. The lowest BCUT2D eigenvalue weighted by Crippen LogP contribution is -2.53. The van der Waals surface area contributed by atoms with Crippen molar-refractivity contribution < 1.29 is 4.39 Å². The van der Waals surface area contributed by atoms with Crippen LogP contribution in [0.15, 0.2) is 41.5 Å². The summed E-state index contributed by atoms with van der Waals surface area (Å²) in [6.45, 7) is 10.7. The summed E-state index contributed by atoms with van der Waals surface area (Å²) in [6.07, 6.45) is 2.71. The molecular formula is C21H32FIN6. The molecule has 1 aliphatic rings.